The van der Waals surface area contributed by atoms with Crippen LogP contribution in [0.1, 0.15) is 30.3 Å². The third-order valence-electron chi connectivity index (χ3n) is 2.72. The molecular formula is C11H15N3S. The maximum Gasteiger partial charge on any atom is 0.185 e. The van der Waals surface area contributed by atoms with Gasteiger partial charge in [0.25, 0.3) is 0 Å². The number of aryl methyl sites for hydroxylation is 1. The predicted molar refractivity (Wildman–Crippen MR) is 62.3 cm³/mol. The molecule has 1 saturated heterocycles. The van der Waals surface area contributed by atoms with Gasteiger partial charge in [0, 0.05) is 18.0 Å². The van der Waals surface area contributed by atoms with Crippen molar-refractivity contribution < 1.29 is 0 Å². The van der Waals surface area contributed by atoms with E-state index in [0.29, 0.717) is 6.42 Å². The second-order valence-electron chi connectivity index (χ2n) is 3.75. The first-order valence-electron chi connectivity index (χ1n) is 5.45. The van der Waals surface area contributed by atoms with Crippen LogP contribution in [0.5, 0.6) is 0 Å². The Morgan fingerprint density at radius 2 is 2.20 bits per heavy atom. The van der Waals surface area contributed by atoms with Crippen LogP contribution in [-0.4, -0.2) is 18.1 Å². The minimum absolute atomic E-state index is 0.509. The Morgan fingerprint density at radius 3 is 2.80 bits per heavy atom. The summed E-state index contributed by atoms with van der Waals surface area (Å²) in [6.07, 6.45) is 3.99. The zero-order valence-electron chi connectivity index (χ0n) is 8.99. The van der Waals surface area contributed by atoms with E-state index in [1.54, 1.807) is 11.3 Å². The highest BCUT2D eigenvalue weighted by Crippen LogP contribution is 2.29. The fourth-order valence-corrected chi connectivity index (χ4v) is 3.03. The van der Waals surface area contributed by atoms with Crippen LogP contribution in [0.15, 0.2) is 0 Å². The van der Waals surface area contributed by atoms with Crippen molar-refractivity contribution in [3.05, 3.63) is 10.6 Å². The molecule has 3 nitrogen and oxygen atoms in total. The molecule has 1 aliphatic heterocycles. The minimum Gasteiger partial charge on any atom is -0.348 e. The number of aromatic nitrogens is 1. The zero-order chi connectivity index (χ0) is 10.7. The van der Waals surface area contributed by atoms with Crippen molar-refractivity contribution in [1.29, 1.82) is 5.26 Å². The van der Waals surface area contributed by atoms with E-state index in [1.807, 2.05) is 0 Å². The molecule has 0 spiro atoms. The molecule has 0 amide bonds. The van der Waals surface area contributed by atoms with Gasteiger partial charge in [0.2, 0.25) is 0 Å². The first-order valence-corrected chi connectivity index (χ1v) is 6.27. The van der Waals surface area contributed by atoms with Crippen molar-refractivity contribution >= 4 is 16.5 Å². The van der Waals surface area contributed by atoms with Gasteiger partial charge in [-0.1, -0.05) is 6.92 Å². The van der Waals surface area contributed by atoms with Crippen LogP contribution in [-0.2, 0) is 12.8 Å². The molecule has 0 radical (unpaired) electrons. The van der Waals surface area contributed by atoms with Crippen molar-refractivity contribution in [2.45, 2.75) is 32.6 Å². The van der Waals surface area contributed by atoms with Gasteiger partial charge < -0.3 is 4.90 Å². The second-order valence-corrected chi connectivity index (χ2v) is 4.81. The molecule has 0 N–H and O–H groups in total. The van der Waals surface area contributed by atoms with Crippen LogP contribution in [0.25, 0.3) is 0 Å². The Kier molecular flexibility index (Phi) is 3.22. The molecule has 0 aliphatic carbocycles. The summed E-state index contributed by atoms with van der Waals surface area (Å²) >= 11 is 1.70. The van der Waals surface area contributed by atoms with Crippen LogP contribution in [0.2, 0.25) is 0 Å². The summed E-state index contributed by atoms with van der Waals surface area (Å²) in [7, 11) is 0. The predicted octanol–water partition coefficient (Wildman–Crippen LogP) is 2.37. The van der Waals surface area contributed by atoms with Gasteiger partial charge >= 0.3 is 0 Å². The van der Waals surface area contributed by atoms with Crippen LogP contribution in [0.3, 0.4) is 0 Å². The molecule has 2 rings (SSSR count). The fourth-order valence-electron chi connectivity index (χ4n) is 1.90. The Labute approximate surface area is 94.4 Å². The normalized spacial score (nSPS) is 15.6. The SMILES string of the molecule is CCc1nc(N2CCCC2)sc1CC#N. The average Bonchev–Trinajstić information content (AvgIpc) is 2.84. The van der Waals surface area contributed by atoms with Gasteiger partial charge in [0.15, 0.2) is 5.13 Å². The monoisotopic (exact) mass is 221 g/mol. The summed E-state index contributed by atoms with van der Waals surface area (Å²) in [4.78, 5) is 8.12. The van der Waals surface area contributed by atoms with Crippen LogP contribution >= 0.6 is 11.3 Å². The Hall–Kier alpha value is -1.08. The summed E-state index contributed by atoms with van der Waals surface area (Å²) in [6.45, 7) is 4.36. The van der Waals surface area contributed by atoms with E-state index in [2.05, 4.69) is 22.9 Å². The lowest BCUT2D eigenvalue weighted by molar-refractivity contribution is 0.937. The largest absolute Gasteiger partial charge is 0.348 e. The van der Waals surface area contributed by atoms with Crippen molar-refractivity contribution in [3.63, 3.8) is 0 Å². The topological polar surface area (TPSA) is 39.9 Å². The van der Waals surface area contributed by atoms with E-state index >= 15 is 0 Å². The molecule has 1 aromatic rings. The third kappa shape index (κ3) is 2.13. The molecule has 0 atom stereocenters. The van der Waals surface area contributed by atoms with Gasteiger partial charge in [0.1, 0.15) is 0 Å². The molecule has 1 aliphatic rings. The molecule has 2 heterocycles. The molecule has 1 aromatic heterocycles. The van der Waals surface area contributed by atoms with Gasteiger partial charge in [-0.2, -0.15) is 5.26 Å². The van der Waals surface area contributed by atoms with Crippen molar-refractivity contribution in [1.82, 2.24) is 4.98 Å². The first kappa shape index (κ1) is 10.4. The molecule has 15 heavy (non-hydrogen) atoms. The molecule has 1 fully saturated rings. The Bertz CT molecular complexity index is 372. The number of thiazole rings is 1. The zero-order valence-corrected chi connectivity index (χ0v) is 9.81. The van der Waals surface area contributed by atoms with Crippen molar-refractivity contribution in [3.8, 4) is 6.07 Å². The van der Waals surface area contributed by atoms with E-state index < -0.39 is 0 Å². The number of hydrogen-bond donors (Lipinski definition) is 0. The Balaban J connectivity index is 2.22. The summed E-state index contributed by atoms with van der Waals surface area (Å²) in [6, 6.07) is 2.21. The van der Waals surface area contributed by atoms with Gasteiger partial charge in [-0.05, 0) is 19.3 Å². The lowest BCUT2D eigenvalue weighted by atomic mass is 10.2. The lowest BCUT2D eigenvalue weighted by Crippen LogP contribution is -2.17. The molecular weight excluding hydrogens is 206 g/mol. The number of nitriles is 1. The van der Waals surface area contributed by atoms with Crippen molar-refractivity contribution in [2.75, 3.05) is 18.0 Å². The van der Waals surface area contributed by atoms with Gasteiger partial charge in [0.05, 0.1) is 18.2 Å². The van der Waals surface area contributed by atoms with Gasteiger partial charge in [-0.25, -0.2) is 4.98 Å². The molecule has 0 saturated carbocycles. The van der Waals surface area contributed by atoms with E-state index in [0.717, 1.165) is 35.2 Å². The number of anilines is 1. The summed E-state index contributed by atoms with van der Waals surface area (Å²) in [5, 5.41) is 9.85. The highest BCUT2D eigenvalue weighted by molar-refractivity contribution is 7.15. The molecule has 0 unspecified atom stereocenters. The number of hydrogen-bond acceptors (Lipinski definition) is 4. The van der Waals surface area contributed by atoms with E-state index in [4.69, 9.17) is 5.26 Å². The second kappa shape index (κ2) is 4.63. The number of nitrogens with zero attached hydrogens (tertiary/aromatic N) is 3. The standard InChI is InChI=1S/C11H15N3S/c1-2-9-10(5-6-12)15-11(13-9)14-7-3-4-8-14/h2-5,7-8H2,1H3. The highest BCUT2D eigenvalue weighted by Gasteiger charge is 2.18. The van der Waals surface area contributed by atoms with Crippen LogP contribution in [0.4, 0.5) is 5.13 Å². The van der Waals surface area contributed by atoms with E-state index in [9.17, 15) is 0 Å². The van der Waals surface area contributed by atoms with E-state index in [-0.39, 0.29) is 0 Å². The minimum atomic E-state index is 0.509. The van der Waals surface area contributed by atoms with Gasteiger partial charge in [-0.3, -0.25) is 0 Å². The first-order chi connectivity index (χ1) is 7.35. The van der Waals surface area contributed by atoms with Gasteiger partial charge in [-0.15, -0.1) is 11.3 Å². The van der Waals surface area contributed by atoms with Crippen molar-refractivity contribution in [2.24, 2.45) is 0 Å². The average molecular weight is 221 g/mol. The highest BCUT2D eigenvalue weighted by atomic mass is 32.1. The van der Waals surface area contributed by atoms with Crippen LogP contribution in [0, 0.1) is 11.3 Å². The maximum atomic E-state index is 8.73. The summed E-state index contributed by atoms with van der Waals surface area (Å²) < 4.78 is 0. The Morgan fingerprint density at radius 1 is 1.47 bits per heavy atom. The molecule has 4 heteroatoms. The fraction of sp³-hybridized carbons (Fsp3) is 0.636. The molecule has 80 valence electrons. The summed E-state index contributed by atoms with van der Waals surface area (Å²) in [5.41, 5.74) is 1.11. The quantitative estimate of drug-likeness (QED) is 0.786. The van der Waals surface area contributed by atoms with Crippen LogP contribution < -0.4 is 4.90 Å². The summed E-state index contributed by atoms with van der Waals surface area (Å²) in [5.74, 6) is 0. The lowest BCUT2D eigenvalue weighted by Gasteiger charge is -2.12. The number of rotatable bonds is 3. The maximum absolute atomic E-state index is 8.73. The third-order valence-corrected chi connectivity index (χ3v) is 3.88. The molecule has 0 aromatic carbocycles. The smallest absolute Gasteiger partial charge is 0.185 e. The molecule has 0 bridgehead atoms. The van der Waals surface area contributed by atoms with E-state index in [1.165, 1.54) is 12.8 Å².